The van der Waals surface area contributed by atoms with Gasteiger partial charge in [-0.1, -0.05) is 6.92 Å². The SMILES string of the molecule is CNCCC1CC(C)C1. The van der Waals surface area contributed by atoms with Crippen molar-refractivity contribution in [2.45, 2.75) is 26.2 Å². The molecule has 1 aliphatic carbocycles. The molecule has 0 aromatic rings. The summed E-state index contributed by atoms with van der Waals surface area (Å²) in [5, 5.41) is 3.18. The minimum atomic E-state index is 1.02. The van der Waals surface area contributed by atoms with Gasteiger partial charge in [-0.2, -0.15) is 0 Å². The van der Waals surface area contributed by atoms with Gasteiger partial charge in [-0.25, -0.2) is 0 Å². The molecule has 1 N–H and O–H groups in total. The first-order chi connectivity index (χ1) is 4.33. The van der Waals surface area contributed by atoms with E-state index in [-0.39, 0.29) is 0 Å². The van der Waals surface area contributed by atoms with Crippen LogP contribution in [0.15, 0.2) is 0 Å². The molecule has 0 spiro atoms. The molecule has 0 amide bonds. The Morgan fingerprint density at radius 3 is 2.56 bits per heavy atom. The second-order valence-corrected chi connectivity index (χ2v) is 3.33. The van der Waals surface area contributed by atoms with E-state index in [1.807, 2.05) is 7.05 Å². The van der Waals surface area contributed by atoms with Crippen molar-refractivity contribution in [1.29, 1.82) is 0 Å². The molecule has 0 bridgehead atoms. The minimum Gasteiger partial charge on any atom is -0.320 e. The van der Waals surface area contributed by atoms with E-state index in [1.54, 1.807) is 0 Å². The Hall–Kier alpha value is -0.0400. The first-order valence-electron chi connectivity index (χ1n) is 3.97. The lowest BCUT2D eigenvalue weighted by Gasteiger charge is -2.32. The lowest BCUT2D eigenvalue weighted by Crippen LogP contribution is -2.24. The molecule has 0 aliphatic heterocycles. The number of nitrogens with one attached hydrogen (secondary N) is 1. The molecule has 1 aliphatic rings. The summed E-state index contributed by atoms with van der Waals surface area (Å²) >= 11 is 0. The van der Waals surface area contributed by atoms with Crippen LogP contribution in [0.25, 0.3) is 0 Å². The molecule has 54 valence electrons. The van der Waals surface area contributed by atoms with Crippen molar-refractivity contribution < 1.29 is 0 Å². The number of rotatable bonds is 3. The molecule has 0 radical (unpaired) electrons. The summed E-state index contributed by atoms with van der Waals surface area (Å²) in [7, 11) is 2.03. The first kappa shape index (κ1) is 7.07. The maximum absolute atomic E-state index is 3.18. The van der Waals surface area contributed by atoms with Crippen LogP contribution in [0.4, 0.5) is 0 Å². The highest BCUT2D eigenvalue weighted by Gasteiger charge is 2.23. The molecule has 9 heavy (non-hydrogen) atoms. The third-order valence-electron chi connectivity index (χ3n) is 2.27. The molecular formula is C8H17N. The normalized spacial score (nSPS) is 34.0. The Balaban J connectivity index is 1.91. The standard InChI is InChI=1S/C8H17N/c1-7-5-8(6-7)3-4-9-2/h7-9H,3-6H2,1-2H3. The van der Waals surface area contributed by atoms with Gasteiger partial charge < -0.3 is 5.32 Å². The van der Waals surface area contributed by atoms with Gasteiger partial charge in [0.05, 0.1) is 0 Å². The van der Waals surface area contributed by atoms with Gasteiger partial charge in [0.15, 0.2) is 0 Å². The van der Waals surface area contributed by atoms with E-state index in [4.69, 9.17) is 0 Å². The van der Waals surface area contributed by atoms with Crippen molar-refractivity contribution >= 4 is 0 Å². The molecule has 0 unspecified atom stereocenters. The lowest BCUT2D eigenvalue weighted by molar-refractivity contribution is 0.200. The molecule has 1 saturated carbocycles. The van der Waals surface area contributed by atoms with Gasteiger partial charge >= 0.3 is 0 Å². The van der Waals surface area contributed by atoms with Gasteiger partial charge in [0, 0.05) is 0 Å². The van der Waals surface area contributed by atoms with E-state index in [0.29, 0.717) is 0 Å². The summed E-state index contributed by atoms with van der Waals surface area (Å²) in [6, 6.07) is 0. The van der Waals surface area contributed by atoms with Gasteiger partial charge in [0.1, 0.15) is 0 Å². The van der Waals surface area contributed by atoms with E-state index in [9.17, 15) is 0 Å². The van der Waals surface area contributed by atoms with Crippen molar-refractivity contribution in [3.63, 3.8) is 0 Å². The van der Waals surface area contributed by atoms with Crippen molar-refractivity contribution in [2.24, 2.45) is 11.8 Å². The van der Waals surface area contributed by atoms with Crippen LogP contribution in [0.2, 0.25) is 0 Å². The van der Waals surface area contributed by atoms with Crippen molar-refractivity contribution in [3.8, 4) is 0 Å². The van der Waals surface area contributed by atoms with Crippen LogP contribution in [0.5, 0.6) is 0 Å². The highest BCUT2D eigenvalue weighted by atomic mass is 14.8. The van der Waals surface area contributed by atoms with E-state index in [1.165, 1.54) is 25.8 Å². The predicted octanol–water partition coefficient (Wildman–Crippen LogP) is 1.64. The zero-order valence-electron chi connectivity index (χ0n) is 6.48. The predicted molar refractivity (Wildman–Crippen MR) is 40.4 cm³/mol. The summed E-state index contributed by atoms with van der Waals surface area (Å²) in [6.07, 6.45) is 4.34. The second kappa shape index (κ2) is 3.21. The Labute approximate surface area is 57.8 Å². The van der Waals surface area contributed by atoms with E-state index in [2.05, 4.69) is 12.2 Å². The summed E-state index contributed by atoms with van der Waals surface area (Å²) in [6.45, 7) is 3.55. The van der Waals surface area contributed by atoms with Gasteiger partial charge in [-0.3, -0.25) is 0 Å². The molecule has 1 heteroatoms. The number of hydrogen-bond acceptors (Lipinski definition) is 1. The largest absolute Gasteiger partial charge is 0.320 e. The van der Waals surface area contributed by atoms with Gasteiger partial charge in [-0.15, -0.1) is 0 Å². The Morgan fingerprint density at radius 2 is 2.11 bits per heavy atom. The summed E-state index contributed by atoms with van der Waals surface area (Å²) < 4.78 is 0. The molecule has 0 saturated heterocycles. The molecule has 0 atom stereocenters. The molecule has 0 aromatic carbocycles. The molecule has 0 heterocycles. The van der Waals surface area contributed by atoms with Crippen molar-refractivity contribution in [2.75, 3.05) is 13.6 Å². The minimum absolute atomic E-state index is 1.02. The molecule has 1 fully saturated rings. The van der Waals surface area contributed by atoms with Crippen LogP contribution in [0.3, 0.4) is 0 Å². The Morgan fingerprint density at radius 1 is 1.44 bits per heavy atom. The van der Waals surface area contributed by atoms with Crippen LogP contribution in [0, 0.1) is 11.8 Å². The zero-order chi connectivity index (χ0) is 6.69. The molecule has 0 aromatic heterocycles. The molecule has 1 rings (SSSR count). The second-order valence-electron chi connectivity index (χ2n) is 3.33. The highest BCUT2D eigenvalue weighted by Crippen LogP contribution is 2.34. The fraction of sp³-hybridized carbons (Fsp3) is 1.00. The van der Waals surface area contributed by atoms with Crippen molar-refractivity contribution in [1.82, 2.24) is 5.32 Å². The zero-order valence-corrected chi connectivity index (χ0v) is 6.48. The summed E-state index contributed by atoms with van der Waals surface area (Å²) in [4.78, 5) is 0. The fourth-order valence-corrected chi connectivity index (χ4v) is 1.65. The topological polar surface area (TPSA) is 12.0 Å². The summed E-state index contributed by atoms with van der Waals surface area (Å²) in [5.74, 6) is 2.07. The van der Waals surface area contributed by atoms with Crippen LogP contribution < -0.4 is 5.32 Å². The molecule has 1 nitrogen and oxygen atoms in total. The highest BCUT2D eigenvalue weighted by molar-refractivity contribution is 4.76. The third kappa shape index (κ3) is 1.98. The van der Waals surface area contributed by atoms with Crippen LogP contribution in [-0.4, -0.2) is 13.6 Å². The maximum atomic E-state index is 3.18. The maximum Gasteiger partial charge on any atom is -0.00493 e. The average Bonchev–Trinajstić information content (AvgIpc) is 1.78. The average molecular weight is 127 g/mol. The van der Waals surface area contributed by atoms with Crippen LogP contribution in [-0.2, 0) is 0 Å². The van der Waals surface area contributed by atoms with Crippen LogP contribution >= 0.6 is 0 Å². The fourth-order valence-electron chi connectivity index (χ4n) is 1.65. The van der Waals surface area contributed by atoms with Crippen LogP contribution in [0.1, 0.15) is 26.2 Å². The van der Waals surface area contributed by atoms with E-state index >= 15 is 0 Å². The summed E-state index contributed by atoms with van der Waals surface area (Å²) in [5.41, 5.74) is 0. The quantitative estimate of drug-likeness (QED) is 0.607. The number of hydrogen-bond donors (Lipinski definition) is 1. The monoisotopic (exact) mass is 127 g/mol. The third-order valence-corrected chi connectivity index (χ3v) is 2.27. The molecular weight excluding hydrogens is 110 g/mol. The first-order valence-corrected chi connectivity index (χ1v) is 3.97. The Bertz CT molecular complexity index is 74.6. The van der Waals surface area contributed by atoms with Gasteiger partial charge in [0.2, 0.25) is 0 Å². The van der Waals surface area contributed by atoms with Gasteiger partial charge in [-0.05, 0) is 44.7 Å². The van der Waals surface area contributed by atoms with E-state index < -0.39 is 0 Å². The van der Waals surface area contributed by atoms with E-state index in [0.717, 1.165) is 11.8 Å². The Kier molecular flexibility index (Phi) is 2.52. The van der Waals surface area contributed by atoms with Gasteiger partial charge in [0.25, 0.3) is 0 Å². The lowest BCUT2D eigenvalue weighted by atomic mass is 9.74. The van der Waals surface area contributed by atoms with Crippen molar-refractivity contribution in [3.05, 3.63) is 0 Å². The smallest absolute Gasteiger partial charge is 0.00493 e.